The van der Waals surface area contributed by atoms with E-state index < -0.39 is 11.2 Å². The Labute approximate surface area is 101 Å². The third-order valence-corrected chi connectivity index (χ3v) is 3.10. The predicted molar refractivity (Wildman–Crippen MR) is 64.2 cm³/mol. The molecule has 0 aliphatic carbocycles. The van der Waals surface area contributed by atoms with Gasteiger partial charge in [-0.15, -0.1) is 0 Å². The molecule has 2 N–H and O–H groups in total. The molecule has 0 radical (unpaired) electrons. The second kappa shape index (κ2) is 4.53. The van der Waals surface area contributed by atoms with Gasteiger partial charge in [0.1, 0.15) is 5.82 Å². The number of rotatable bonds is 3. The minimum absolute atomic E-state index is 0.0945. The quantitative estimate of drug-likeness (QED) is 0.855. The molecule has 3 nitrogen and oxygen atoms in total. The van der Waals surface area contributed by atoms with E-state index in [4.69, 9.17) is 4.74 Å². The molecule has 1 aromatic rings. The van der Waals surface area contributed by atoms with Gasteiger partial charge in [0.2, 0.25) is 0 Å². The van der Waals surface area contributed by atoms with Crippen molar-refractivity contribution in [3.8, 4) is 11.5 Å². The van der Waals surface area contributed by atoms with Crippen LogP contribution in [-0.4, -0.2) is 23.9 Å². The molecule has 0 fully saturated rings. The first-order valence-corrected chi connectivity index (χ1v) is 5.44. The number of aliphatic hydroxyl groups excluding tert-OH is 1. The van der Waals surface area contributed by atoms with Crippen molar-refractivity contribution in [3.63, 3.8) is 0 Å². The molecular formula is C13H19FO3. The Kier molecular flexibility index (Phi) is 3.67. The lowest BCUT2D eigenvalue weighted by Crippen LogP contribution is -2.24. The molecular weight excluding hydrogens is 223 g/mol. The Hall–Kier alpha value is -1.29. The second-order valence-corrected chi connectivity index (χ2v) is 4.86. The van der Waals surface area contributed by atoms with Crippen LogP contribution in [0.15, 0.2) is 0 Å². The summed E-state index contributed by atoms with van der Waals surface area (Å²) in [6.07, 6.45) is 0. The third-order valence-electron chi connectivity index (χ3n) is 3.10. The monoisotopic (exact) mass is 242 g/mol. The van der Waals surface area contributed by atoms with Gasteiger partial charge < -0.3 is 14.9 Å². The summed E-state index contributed by atoms with van der Waals surface area (Å²) in [6, 6.07) is 0. The fourth-order valence-electron chi connectivity index (χ4n) is 2.12. The predicted octanol–water partition coefficient (Wildman–Crippen LogP) is 2.43. The molecule has 96 valence electrons. The van der Waals surface area contributed by atoms with Crippen molar-refractivity contribution in [3.05, 3.63) is 22.5 Å². The maximum atomic E-state index is 14.0. The highest BCUT2D eigenvalue weighted by molar-refractivity contribution is 5.57. The van der Waals surface area contributed by atoms with Gasteiger partial charge in [0.25, 0.3) is 0 Å². The molecule has 4 heteroatoms. The summed E-state index contributed by atoms with van der Waals surface area (Å²) in [5.74, 6) is -0.372. The Bertz CT molecular complexity index is 439. The molecule has 0 spiro atoms. The summed E-state index contributed by atoms with van der Waals surface area (Å²) >= 11 is 0. The highest BCUT2D eigenvalue weighted by atomic mass is 19.1. The standard InChI is InChI=1S/C13H19FO3/c1-7-9(13(3,4)6-15)11(16)12(17-5)8(2)10(7)14/h15-16H,6H2,1-5H3. The minimum Gasteiger partial charge on any atom is -0.504 e. The molecule has 0 aliphatic heterocycles. The SMILES string of the molecule is COc1c(C)c(F)c(C)c(C(C)(C)CO)c1O. The maximum absolute atomic E-state index is 14.0. The van der Waals surface area contributed by atoms with Crippen LogP contribution in [0.25, 0.3) is 0 Å². The zero-order valence-corrected chi connectivity index (χ0v) is 10.9. The van der Waals surface area contributed by atoms with Gasteiger partial charge >= 0.3 is 0 Å². The number of methoxy groups -OCH3 is 1. The fraction of sp³-hybridized carbons (Fsp3) is 0.538. The van der Waals surface area contributed by atoms with Crippen LogP contribution in [0.1, 0.15) is 30.5 Å². The van der Waals surface area contributed by atoms with E-state index in [1.165, 1.54) is 7.11 Å². The number of hydrogen-bond acceptors (Lipinski definition) is 3. The van der Waals surface area contributed by atoms with Crippen LogP contribution in [0.3, 0.4) is 0 Å². The van der Waals surface area contributed by atoms with Crippen LogP contribution < -0.4 is 4.74 Å². The Morgan fingerprint density at radius 3 is 2.18 bits per heavy atom. The summed E-state index contributed by atoms with van der Waals surface area (Å²) < 4.78 is 19.0. The van der Waals surface area contributed by atoms with Crippen molar-refractivity contribution in [1.29, 1.82) is 0 Å². The van der Waals surface area contributed by atoms with Crippen molar-refractivity contribution in [2.75, 3.05) is 13.7 Å². The molecule has 0 aromatic heterocycles. The number of aromatic hydroxyl groups is 1. The molecule has 0 heterocycles. The highest BCUT2D eigenvalue weighted by Crippen LogP contribution is 2.43. The highest BCUT2D eigenvalue weighted by Gasteiger charge is 2.30. The summed E-state index contributed by atoms with van der Waals surface area (Å²) in [7, 11) is 1.38. The van der Waals surface area contributed by atoms with Crippen molar-refractivity contribution >= 4 is 0 Å². The molecule has 0 unspecified atom stereocenters. The lowest BCUT2D eigenvalue weighted by molar-refractivity contribution is 0.213. The number of phenols is 1. The number of ether oxygens (including phenoxy) is 1. The Morgan fingerprint density at radius 2 is 1.76 bits per heavy atom. The molecule has 0 saturated heterocycles. The van der Waals surface area contributed by atoms with E-state index in [1.54, 1.807) is 27.7 Å². The van der Waals surface area contributed by atoms with Crippen LogP contribution >= 0.6 is 0 Å². The average molecular weight is 242 g/mol. The number of hydrogen-bond donors (Lipinski definition) is 2. The van der Waals surface area contributed by atoms with Gasteiger partial charge in [0, 0.05) is 16.5 Å². The van der Waals surface area contributed by atoms with Crippen LogP contribution in [0.2, 0.25) is 0 Å². The van der Waals surface area contributed by atoms with Crippen molar-refractivity contribution < 1.29 is 19.3 Å². The van der Waals surface area contributed by atoms with Crippen LogP contribution in [-0.2, 0) is 5.41 Å². The number of benzene rings is 1. The van der Waals surface area contributed by atoms with E-state index in [9.17, 15) is 14.6 Å². The topological polar surface area (TPSA) is 49.7 Å². The fourth-order valence-corrected chi connectivity index (χ4v) is 2.12. The first-order chi connectivity index (χ1) is 7.77. The lowest BCUT2D eigenvalue weighted by atomic mass is 9.81. The van der Waals surface area contributed by atoms with E-state index in [2.05, 4.69) is 0 Å². The largest absolute Gasteiger partial charge is 0.504 e. The molecule has 0 atom stereocenters. The van der Waals surface area contributed by atoms with Crippen molar-refractivity contribution in [2.45, 2.75) is 33.1 Å². The molecule has 17 heavy (non-hydrogen) atoms. The van der Waals surface area contributed by atoms with Gasteiger partial charge in [0.05, 0.1) is 13.7 Å². The summed E-state index contributed by atoms with van der Waals surface area (Å²) in [5.41, 5.74) is 0.287. The number of halogens is 1. The van der Waals surface area contributed by atoms with E-state index in [0.29, 0.717) is 11.1 Å². The first-order valence-electron chi connectivity index (χ1n) is 5.44. The number of aliphatic hydroxyl groups is 1. The van der Waals surface area contributed by atoms with E-state index in [-0.39, 0.29) is 23.7 Å². The molecule has 0 aliphatic rings. The van der Waals surface area contributed by atoms with Crippen LogP contribution in [0.4, 0.5) is 4.39 Å². The van der Waals surface area contributed by atoms with E-state index in [0.717, 1.165) is 0 Å². The molecule has 0 amide bonds. The molecule has 0 saturated carbocycles. The van der Waals surface area contributed by atoms with Crippen molar-refractivity contribution in [2.24, 2.45) is 0 Å². The number of phenolic OH excluding ortho intramolecular Hbond substituents is 1. The summed E-state index contributed by atoms with van der Waals surface area (Å²) in [6.45, 7) is 6.43. The Morgan fingerprint density at radius 1 is 1.24 bits per heavy atom. The molecule has 0 bridgehead atoms. The van der Waals surface area contributed by atoms with Crippen molar-refractivity contribution in [1.82, 2.24) is 0 Å². The lowest BCUT2D eigenvalue weighted by Gasteiger charge is -2.27. The van der Waals surface area contributed by atoms with Gasteiger partial charge in [-0.1, -0.05) is 13.8 Å². The summed E-state index contributed by atoms with van der Waals surface area (Å²) in [5, 5.41) is 19.5. The third kappa shape index (κ3) is 2.09. The first kappa shape index (κ1) is 13.8. The normalized spacial score (nSPS) is 11.7. The van der Waals surface area contributed by atoms with Crippen LogP contribution in [0.5, 0.6) is 11.5 Å². The molecule has 1 rings (SSSR count). The Balaban J connectivity index is 3.67. The van der Waals surface area contributed by atoms with Gasteiger partial charge in [-0.2, -0.15) is 0 Å². The van der Waals surface area contributed by atoms with E-state index >= 15 is 0 Å². The summed E-state index contributed by atoms with van der Waals surface area (Å²) in [4.78, 5) is 0. The maximum Gasteiger partial charge on any atom is 0.166 e. The second-order valence-electron chi connectivity index (χ2n) is 4.86. The smallest absolute Gasteiger partial charge is 0.166 e. The molecule has 1 aromatic carbocycles. The van der Waals surface area contributed by atoms with Gasteiger partial charge in [-0.3, -0.25) is 0 Å². The average Bonchev–Trinajstić information content (AvgIpc) is 2.27. The zero-order chi connectivity index (χ0) is 13.4. The van der Waals surface area contributed by atoms with Gasteiger partial charge in [0.15, 0.2) is 11.5 Å². The van der Waals surface area contributed by atoms with Gasteiger partial charge in [-0.25, -0.2) is 4.39 Å². The van der Waals surface area contributed by atoms with E-state index in [1.807, 2.05) is 0 Å². The van der Waals surface area contributed by atoms with Gasteiger partial charge in [-0.05, 0) is 19.4 Å². The zero-order valence-electron chi connectivity index (χ0n) is 10.9. The minimum atomic E-state index is -0.726. The van der Waals surface area contributed by atoms with Crippen LogP contribution in [0, 0.1) is 19.7 Å².